The average Bonchev–Trinajstić information content (AvgIpc) is 3.00. The van der Waals surface area contributed by atoms with Crippen molar-refractivity contribution in [3.63, 3.8) is 0 Å². The van der Waals surface area contributed by atoms with Crippen LogP contribution in [0.1, 0.15) is 28.8 Å². The molecule has 0 aliphatic heterocycles. The monoisotopic (exact) mass is 296 g/mol. The number of ether oxygens (including phenoxy) is 1. The molecule has 3 rings (SSSR count). The topological polar surface area (TPSA) is 25.4 Å². The summed E-state index contributed by atoms with van der Waals surface area (Å²) in [6.45, 7) is 1.92. The van der Waals surface area contributed by atoms with Gasteiger partial charge in [0.2, 0.25) is 0 Å². The van der Waals surface area contributed by atoms with Crippen molar-refractivity contribution in [3.8, 4) is 5.75 Å². The van der Waals surface area contributed by atoms with E-state index in [9.17, 15) is 0 Å². The third-order valence-electron chi connectivity index (χ3n) is 4.41. The Kier molecular flexibility index (Phi) is 4.74. The highest BCUT2D eigenvalue weighted by Crippen LogP contribution is 2.30. The molecule has 116 valence electrons. The van der Waals surface area contributed by atoms with E-state index in [4.69, 9.17) is 4.74 Å². The third-order valence-corrected chi connectivity index (χ3v) is 4.41. The van der Waals surface area contributed by atoms with Gasteiger partial charge in [-0.15, -0.1) is 0 Å². The number of hydrogen-bond acceptors (Lipinski definition) is 3. The first-order valence-corrected chi connectivity index (χ1v) is 8.03. The van der Waals surface area contributed by atoms with Gasteiger partial charge >= 0.3 is 0 Å². The van der Waals surface area contributed by atoms with Crippen molar-refractivity contribution in [1.82, 2.24) is 9.88 Å². The Morgan fingerprint density at radius 2 is 2.00 bits per heavy atom. The first-order valence-electron chi connectivity index (χ1n) is 8.03. The van der Waals surface area contributed by atoms with E-state index in [2.05, 4.69) is 35.1 Å². The molecule has 1 aliphatic rings. The van der Waals surface area contributed by atoms with E-state index in [1.807, 2.05) is 18.3 Å². The van der Waals surface area contributed by atoms with Crippen molar-refractivity contribution in [2.75, 3.05) is 20.7 Å². The van der Waals surface area contributed by atoms with Crippen molar-refractivity contribution in [3.05, 3.63) is 58.9 Å². The van der Waals surface area contributed by atoms with E-state index >= 15 is 0 Å². The van der Waals surface area contributed by atoms with Crippen LogP contribution in [0.15, 0.2) is 36.5 Å². The van der Waals surface area contributed by atoms with Crippen LogP contribution in [0.4, 0.5) is 0 Å². The summed E-state index contributed by atoms with van der Waals surface area (Å²) < 4.78 is 5.60. The van der Waals surface area contributed by atoms with E-state index in [0.29, 0.717) is 0 Å². The third kappa shape index (κ3) is 3.47. The fraction of sp³-hybridized carbons (Fsp3) is 0.421. The average molecular weight is 296 g/mol. The Labute approximate surface area is 132 Å². The predicted molar refractivity (Wildman–Crippen MR) is 89.3 cm³/mol. The van der Waals surface area contributed by atoms with Crippen LogP contribution in [0.2, 0.25) is 0 Å². The standard InChI is InChI=1S/C19H24N2O/c1-21(11-9-18-8-3-4-10-20-18)14-17-12-15-6-5-7-16(15)13-19(17)22-2/h3-4,8,10,12-13H,5-7,9,11,14H2,1-2H3. The molecule has 3 heteroatoms. The smallest absolute Gasteiger partial charge is 0.123 e. The highest BCUT2D eigenvalue weighted by Gasteiger charge is 2.16. The van der Waals surface area contributed by atoms with Crippen molar-refractivity contribution >= 4 is 0 Å². The number of aromatic nitrogens is 1. The van der Waals surface area contributed by atoms with Gasteiger partial charge in [0.05, 0.1) is 7.11 Å². The van der Waals surface area contributed by atoms with Gasteiger partial charge in [0.1, 0.15) is 5.75 Å². The van der Waals surface area contributed by atoms with E-state index in [1.165, 1.54) is 36.0 Å². The lowest BCUT2D eigenvalue weighted by Gasteiger charge is -2.19. The molecule has 1 heterocycles. The Balaban J connectivity index is 1.64. The summed E-state index contributed by atoms with van der Waals surface area (Å²) >= 11 is 0. The van der Waals surface area contributed by atoms with Crippen molar-refractivity contribution in [2.24, 2.45) is 0 Å². The van der Waals surface area contributed by atoms with Crippen LogP contribution in [0.5, 0.6) is 5.75 Å². The van der Waals surface area contributed by atoms with Crippen LogP contribution in [0, 0.1) is 0 Å². The van der Waals surface area contributed by atoms with Gasteiger partial charge in [0.25, 0.3) is 0 Å². The zero-order valence-electron chi connectivity index (χ0n) is 13.5. The second-order valence-electron chi connectivity index (χ2n) is 6.10. The van der Waals surface area contributed by atoms with Crippen LogP contribution in [0.25, 0.3) is 0 Å². The molecule has 0 bridgehead atoms. The highest BCUT2D eigenvalue weighted by molar-refractivity contribution is 5.44. The predicted octanol–water partition coefficient (Wildman–Crippen LogP) is 3.25. The molecule has 0 fully saturated rings. The van der Waals surface area contributed by atoms with Gasteiger partial charge in [-0.1, -0.05) is 12.1 Å². The van der Waals surface area contributed by atoms with E-state index in [1.54, 1.807) is 7.11 Å². The first kappa shape index (κ1) is 15.0. The molecule has 0 N–H and O–H groups in total. The summed E-state index contributed by atoms with van der Waals surface area (Å²) in [6, 6.07) is 10.7. The maximum Gasteiger partial charge on any atom is 0.123 e. The van der Waals surface area contributed by atoms with E-state index in [0.717, 1.165) is 31.0 Å². The normalized spacial score (nSPS) is 13.4. The Bertz CT molecular complexity index is 625. The molecular weight excluding hydrogens is 272 g/mol. The summed E-state index contributed by atoms with van der Waals surface area (Å²) in [6.07, 6.45) is 6.52. The molecule has 0 atom stereocenters. The van der Waals surface area contributed by atoms with Crippen LogP contribution in [-0.4, -0.2) is 30.6 Å². The highest BCUT2D eigenvalue weighted by atomic mass is 16.5. The Hall–Kier alpha value is -1.87. The maximum atomic E-state index is 5.60. The molecule has 1 aliphatic carbocycles. The largest absolute Gasteiger partial charge is 0.496 e. The van der Waals surface area contributed by atoms with Gasteiger partial charge in [0, 0.05) is 37.0 Å². The molecule has 0 radical (unpaired) electrons. The van der Waals surface area contributed by atoms with Crippen LogP contribution in [-0.2, 0) is 25.8 Å². The molecule has 1 aromatic carbocycles. The summed E-state index contributed by atoms with van der Waals surface area (Å²) in [5, 5.41) is 0. The summed E-state index contributed by atoms with van der Waals surface area (Å²) in [5.74, 6) is 1.03. The number of likely N-dealkylation sites (N-methyl/N-ethyl adjacent to an activating group) is 1. The number of benzene rings is 1. The lowest BCUT2D eigenvalue weighted by molar-refractivity contribution is 0.320. The molecule has 0 spiro atoms. The van der Waals surface area contributed by atoms with Gasteiger partial charge in [-0.25, -0.2) is 0 Å². The Morgan fingerprint density at radius 3 is 2.73 bits per heavy atom. The fourth-order valence-corrected chi connectivity index (χ4v) is 3.19. The maximum absolute atomic E-state index is 5.60. The lowest BCUT2D eigenvalue weighted by atomic mass is 10.0. The molecule has 1 aromatic heterocycles. The van der Waals surface area contributed by atoms with E-state index in [-0.39, 0.29) is 0 Å². The van der Waals surface area contributed by atoms with Gasteiger partial charge in [-0.05, 0) is 55.6 Å². The molecule has 0 saturated heterocycles. The lowest BCUT2D eigenvalue weighted by Crippen LogP contribution is -2.21. The zero-order valence-corrected chi connectivity index (χ0v) is 13.5. The number of aryl methyl sites for hydroxylation is 2. The second-order valence-corrected chi connectivity index (χ2v) is 6.10. The molecule has 0 saturated carbocycles. The number of nitrogens with zero attached hydrogens (tertiary/aromatic N) is 2. The number of fused-ring (bicyclic) bond motifs is 1. The molecule has 22 heavy (non-hydrogen) atoms. The van der Waals surface area contributed by atoms with Crippen molar-refractivity contribution in [1.29, 1.82) is 0 Å². The molecular formula is C19H24N2O. The van der Waals surface area contributed by atoms with Gasteiger partial charge in [-0.2, -0.15) is 0 Å². The molecule has 3 nitrogen and oxygen atoms in total. The number of rotatable bonds is 6. The minimum Gasteiger partial charge on any atom is -0.496 e. The van der Waals surface area contributed by atoms with Crippen LogP contribution in [0.3, 0.4) is 0 Å². The summed E-state index contributed by atoms with van der Waals surface area (Å²) in [4.78, 5) is 6.73. The number of pyridine rings is 1. The number of methoxy groups -OCH3 is 1. The van der Waals surface area contributed by atoms with Crippen molar-refractivity contribution < 1.29 is 4.74 Å². The molecule has 0 amide bonds. The zero-order chi connectivity index (χ0) is 15.4. The quantitative estimate of drug-likeness (QED) is 0.818. The second kappa shape index (κ2) is 6.93. The van der Waals surface area contributed by atoms with Crippen LogP contribution >= 0.6 is 0 Å². The SMILES string of the molecule is COc1cc2c(cc1CN(C)CCc1ccccn1)CCC2. The van der Waals surface area contributed by atoms with Crippen LogP contribution < -0.4 is 4.74 Å². The van der Waals surface area contributed by atoms with E-state index < -0.39 is 0 Å². The van der Waals surface area contributed by atoms with Crippen molar-refractivity contribution in [2.45, 2.75) is 32.2 Å². The molecule has 0 unspecified atom stereocenters. The fourth-order valence-electron chi connectivity index (χ4n) is 3.19. The van der Waals surface area contributed by atoms with Gasteiger partial charge < -0.3 is 9.64 Å². The van der Waals surface area contributed by atoms with Gasteiger partial charge in [0.15, 0.2) is 0 Å². The number of hydrogen-bond donors (Lipinski definition) is 0. The first-order chi connectivity index (χ1) is 10.8. The summed E-state index contributed by atoms with van der Waals surface area (Å²) in [5.41, 5.74) is 5.42. The minimum absolute atomic E-state index is 0.920. The Morgan fingerprint density at radius 1 is 1.18 bits per heavy atom. The summed E-state index contributed by atoms with van der Waals surface area (Å²) in [7, 11) is 3.93. The minimum atomic E-state index is 0.920. The van der Waals surface area contributed by atoms with Gasteiger partial charge in [-0.3, -0.25) is 4.98 Å². The molecule has 2 aromatic rings.